The Balaban J connectivity index is 3.32. The normalized spacial score (nSPS) is 12.3. The van der Waals surface area contributed by atoms with E-state index in [-0.39, 0.29) is 0 Å². The fraction of sp³-hybridized carbons (Fsp3) is 0.364. The first-order valence-electron chi connectivity index (χ1n) is 4.67. The molecule has 0 aliphatic carbocycles. The second-order valence-corrected chi connectivity index (χ2v) is 3.58. The second kappa shape index (κ2) is 4.31. The van der Waals surface area contributed by atoms with E-state index in [1.165, 1.54) is 0 Å². The van der Waals surface area contributed by atoms with Crippen LogP contribution in [0.25, 0.3) is 0 Å². The van der Waals surface area contributed by atoms with E-state index in [4.69, 9.17) is 16.2 Å². The van der Waals surface area contributed by atoms with Crippen LogP contribution in [0, 0.1) is 13.8 Å². The summed E-state index contributed by atoms with van der Waals surface area (Å²) in [5.41, 5.74) is 13.5. The number of amides is 1. The standard InChI is InChI=1S/C11H16N2O2/c1-6-4-7(2)9(8(5-6)15-3)10(12)11(13)14/h4-5,10H,12H2,1-3H3,(H2,13,14). The number of aryl methyl sites for hydroxylation is 2. The Morgan fingerprint density at radius 1 is 1.40 bits per heavy atom. The topological polar surface area (TPSA) is 78.3 Å². The molecule has 0 radical (unpaired) electrons. The van der Waals surface area contributed by atoms with Gasteiger partial charge in [0.15, 0.2) is 0 Å². The summed E-state index contributed by atoms with van der Waals surface area (Å²) in [6, 6.07) is 2.96. The van der Waals surface area contributed by atoms with E-state index in [9.17, 15) is 4.79 Å². The highest BCUT2D eigenvalue weighted by Gasteiger charge is 2.19. The van der Waals surface area contributed by atoms with Gasteiger partial charge in [-0.25, -0.2) is 0 Å². The number of carbonyl (C=O) groups excluding carboxylic acids is 1. The molecule has 0 saturated carbocycles. The minimum Gasteiger partial charge on any atom is -0.496 e. The SMILES string of the molecule is COc1cc(C)cc(C)c1C(N)C(N)=O. The molecule has 0 aromatic heterocycles. The van der Waals surface area contributed by atoms with Crippen molar-refractivity contribution in [3.63, 3.8) is 0 Å². The molecular formula is C11H16N2O2. The van der Waals surface area contributed by atoms with E-state index in [1.54, 1.807) is 7.11 Å². The molecule has 1 unspecified atom stereocenters. The Morgan fingerprint density at radius 2 is 2.00 bits per heavy atom. The predicted molar refractivity (Wildman–Crippen MR) is 58.6 cm³/mol. The van der Waals surface area contributed by atoms with Crippen LogP contribution in [0.1, 0.15) is 22.7 Å². The van der Waals surface area contributed by atoms with Gasteiger partial charge in [-0.1, -0.05) is 6.07 Å². The maximum atomic E-state index is 11.0. The largest absolute Gasteiger partial charge is 0.496 e. The molecule has 0 spiro atoms. The molecule has 0 heterocycles. The third-order valence-corrected chi connectivity index (χ3v) is 2.33. The van der Waals surface area contributed by atoms with Crippen LogP contribution < -0.4 is 16.2 Å². The van der Waals surface area contributed by atoms with Crippen LogP contribution in [0.15, 0.2) is 12.1 Å². The fourth-order valence-electron chi connectivity index (χ4n) is 1.65. The summed E-state index contributed by atoms with van der Waals surface area (Å²) >= 11 is 0. The van der Waals surface area contributed by atoms with Crippen LogP contribution in [0.4, 0.5) is 0 Å². The van der Waals surface area contributed by atoms with Gasteiger partial charge in [-0.2, -0.15) is 0 Å². The Hall–Kier alpha value is -1.55. The molecule has 1 rings (SSSR count). The Kier molecular flexibility index (Phi) is 3.31. The Bertz CT molecular complexity index is 388. The molecule has 0 fully saturated rings. The van der Waals surface area contributed by atoms with Gasteiger partial charge >= 0.3 is 0 Å². The second-order valence-electron chi connectivity index (χ2n) is 3.58. The van der Waals surface area contributed by atoms with Gasteiger partial charge in [0.05, 0.1) is 7.11 Å². The maximum absolute atomic E-state index is 11.0. The lowest BCUT2D eigenvalue weighted by atomic mass is 9.98. The van der Waals surface area contributed by atoms with Gasteiger partial charge in [0, 0.05) is 5.56 Å². The Morgan fingerprint density at radius 3 is 2.47 bits per heavy atom. The molecule has 1 atom stereocenters. The minimum atomic E-state index is -0.819. The summed E-state index contributed by atoms with van der Waals surface area (Å²) in [4.78, 5) is 11.0. The summed E-state index contributed by atoms with van der Waals surface area (Å²) in [6.45, 7) is 3.84. The van der Waals surface area contributed by atoms with E-state index in [0.717, 1.165) is 11.1 Å². The Labute approximate surface area is 89.2 Å². The van der Waals surface area contributed by atoms with E-state index < -0.39 is 11.9 Å². The first-order valence-corrected chi connectivity index (χ1v) is 4.67. The van der Waals surface area contributed by atoms with Crippen molar-refractivity contribution in [3.05, 3.63) is 28.8 Å². The van der Waals surface area contributed by atoms with Crippen molar-refractivity contribution >= 4 is 5.91 Å². The lowest BCUT2D eigenvalue weighted by molar-refractivity contribution is -0.119. The summed E-state index contributed by atoms with van der Waals surface area (Å²) in [7, 11) is 1.55. The number of rotatable bonds is 3. The van der Waals surface area contributed by atoms with Crippen LogP contribution in [-0.4, -0.2) is 13.0 Å². The van der Waals surface area contributed by atoms with Gasteiger partial charge in [-0.3, -0.25) is 4.79 Å². The summed E-state index contributed by atoms with van der Waals surface area (Å²) in [5, 5.41) is 0. The van der Waals surface area contributed by atoms with E-state index >= 15 is 0 Å². The number of hydrogen-bond donors (Lipinski definition) is 2. The molecule has 0 bridgehead atoms. The molecule has 1 amide bonds. The average molecular weight is 208 g/mol. The van der Waals surface area contributed by atoms with E-state index in [1.807, 2.05) is 26.0 Å². The molecule has 1 aromatic carbocycles. The lowest BCUT2D eigenvalue weighted by Gasteiger charge is -2.16. The van der Waals surface area contributed by atoms with Crippen LogP contribution >= 0.6 is 0 Å². The van der Waals surface area contributed by atoms with Crippen molar-refractivity contribution in [3.8, 4) is 5.75 Å². The molecular weight excluding hydrogens is 192 g/mol. The third kappa shape index (κ3) is 2.27. The minimum absolute atomic E-state index is 0.555. The number of methoxy groups -OCH3 is 1. The zero-order valence-corrected chi connectivity index (χ0v) is 9.20. The summed E-state index contributed by atoms with van der Waals surface area (Å²) in [6.07, 6.45) is 0. The smallest absolute Gasteiger partial charge is 0.239 e. The lowest BCUT2D eigenvalue weighted by Crippen LogP contribution is -2.29. The van der Waals surface area contributed by atoms with Gasteiger partial charge in [0.1, 0.15) is 11.8 Å². The van der Waals surface area contributed by atoms with Crippen molar-refractivity contribution in [1.82, 2.24) is 0 Å². The van der Waals surface area contributed by atoms with Crippen molar-refractivity contribution in [1.29, 1.82) is 0 Å². The highest BCUT2D eigenvalue weighted by atomic mass is 16.5. The van der Waals surface area contributed by atoms with Gasteiger partial charge in [0.2, 0.25) is 5.91 Å². The van der Waals surface area contributed by atoms with Gasteiger partial charge in [0.25, 0.3) is 0 Å². The molecule has 0 aliphatic heterocycles. The summed E-state index contributed by atoms with van der Waals surface area (Å²) < 4.78 is 5.19. The first-order chi connectivity index (χ1) is 6.97. The van der Waals surface area contributed by atoms with Crippen LogP contribution in [0.3, 0.4) is 0 Å². The van der Waals surface area contributed by atoms with Crippen LogP contribution in [0.5, 0.6) is 5.75 Å². The molecule has 4 heteroatoms. The van der Waals surface area contributed by atoms with Crippen LogP contribution in [0.2, 0.25) is 0 Å². The highest BCUT2D eigenvalue weighted by molar-refractivity contribution is 5.82. The van der Waals surface area contributed by atoms with Crippen molar-refractivity contribution < 1.29 is 9.53 Å². The summed E-state index contributed by atoms with van der Waals surface area (Å²) in [5.74, 6) is 0.0547. The predicted octanol–water partition coefficient (Wildman–Crippen LogP) is 0.797. The van der Waals surface area contributed by atoms with Crippen molar-refractivity contribution in [2.45, 2.75) is 19.9 Å². The third-order valence-electron chi connectivity index (χ3n) is 2.33. The molecule has 0 aliphatic rings. The van der Waals surface area contributed by atoms with Gasteiger partial charge < -0.3 is 16.2 Å². The van der Waals surface area contributed by atoms with E-state index in [0.29, 0.717) is 11.3 Å². The highest BCUT2D eigenvalue weighted by Crippen LogP contribution is 2.28. The zero-order valence-electron chi connectivity index (χ0n) is 9.20. The monoisotopic (exact) mass is 208 g/mol. The zero-order chi connectivity index (χ0) is 11.6. The van der Waals surface area contributed by atoms with Crippen LogP contribution in [-0.2, 0) is 4.79 Å². The van der Waals surface area contributed by atoms with Gasteiger partial charge in [-0.05, 0) is 31.0 Å². The van der Waals surface area contributed by atoms with Crippen molar-refractivity contribution in [2.75, 3.05) is 7.11 Å². The maximum Gasteiger partial charge on any atom is 0.239 e. The van der Waals surface area contributed by atoms with E-state index in [2.05, 4.69) is 0 Å². The molecule has 15 heavy (non-hydrogen) atoms. The van der Waals surface area contributed by atoms with Crippen molar-refractivity contribution in [2.24, 2.45) is 11.5 Å². The number of nitrogens with two attached hydrogens (primary N) is 2. The number of primary amides is 1. The molecule has 82 valence electrons. The fourth-order valence-corrected chi connectivity index (χ4v) is 1.65. The number of ether oxygens (including phenoxy) is 1. The quantitative estimate of drug-likeness (QED) is 0.771. The van der Waals surface area contributed by atoms with Gasteiger partial charge in [-0.15, -0.1) is 0 Å². The number of hydrogen-bond acceptors (Lipinski definition) is 3. The molecule has 4 N–H and O–H groups in total. The number of benzene rings is 1. The average Bonchev–Trinajstić information content (AvgIpc) is 2.15. The number of carbonyl (C=O) groups is 1. The molecule has 4 nitrogen and oxygen atoms in total. The first kappa shape index (κ1) is 11.5. The molecule has 0 saturated heterocycles. The molecule has 1 aromatic rings.